The van der Waals surface area contributed by atoms with Crippen LogP contribution in [0.2, 0.25) is 0 Å². The summed E-state index contributed by atoms with van der Waals surface area (Å²) >= 11 is 0. The number of aliphatic hydroxyl groups is 1. The van der Waals surface area contributed by atoms with E-state index < -0.39 is 18.6 Å². The predicted molar refractivity (Wildman–Crippen MR) is 52.9 cm³/mol. The SMILES string of the molecule is CC(C)N(CC(=O)NCCO)CC(F)(F)F. The zero-order valence-electron chi connectivity index (χ0n) is 9.34. The Hall–Kier alpha value is -0.820. The number of amides is 1. The number of carbonyl (C=O) groups is 1. The Morgan fingerprint density at radius 3 is 2.38 bits per heavy atom. The zero-order chi connectivity index (χ0) is 12.8. The van der Waals surface area contributed by atoms with Gasteiger partial charge in [-0.15, -0.1) is 0 Å². The monoisotopic (exact) mass is 242 g/mol. The van der Waals surface area contributed by atoms with Crippen LogP contribution in [0, 0.1) is 0 Å². The summed E-state index contributed by atoms with van der Waals surface area (Å²) in [6, 6.07) is -0.374. The normalized spacial score (nSPS) is 12.2. The fourth-order valence-corrected chi connectivity index (χ4v) is 1.09. The molecule has 0 aliphatic heterocycles. The maximum absolute atomic E-state index is 12.2. The highest BCUT2D eigenvalue weighted by atomic mass is 19.4. The van der Waals surface area contributed by atoms with E-state index in [2.05, 4.69) is 5.32 Å². The molecule has 0 aromatic carbocycles. The Morgan fingerprint density at radius 1 is 1.44 bits per heavy atom. The average molecular weight is 242 g/mol. The summed E-state index contributed by atoms with van der Waals surface area (Å²) in [5.74, 6) is -0.521. The third-order valence-electron chi connectivity index (χ3n) is 1.89. The van der Waals surface area contributed by atoms with Crippen LogP contribution < -0.4 is 5.32 Å². The molecule has 0 aliphatic carbocycles. The number of rotatable bonds is 6. The molecule has 0 bridgehead atoms. The summed E-state index contributed by atoms with van der Waals surface area (Å²) in [6.45, 7) is 1.56. The highest BCUT2D eigenvalue weighted by molar-refractivity contribution is 5.78. The number of alkyl halides is 3. The summed E-state index contributed by atoms with van der Waals surface area (Å²) in [5.41, 5.74) is 0. The lowest BCUT2D eigenvalue weighted by Gasteiger charge is -2.26. The second-order valence-corrected chi connectivity index (χ2v) is 3.69. The first-order chi connectivity index (χ1) is 7.26. The molecule has 0 aromatic rings. The van der Waals surface area contributed by atoms with E-state index >= 15 is 0 Å². The molecule has 0 heterocycles. The highest BCUT2D eigenvalue weighted by Crippen LogP contribution is 2.17. The van der Waals surface area contributed by atoms with Gasteiger partial charge in [0.1, 0.15) is 0 Å². The van der Waals surface area contributed by atoms with Gasteiger partial charge < -0.3 is 10.4 Å². The summed E-state index contributed by atoms with van der Waals surface area (Å²) < 4.78 is 36.5. The van der Waals surface area contributed by atoms with Crippen LogP contribution in [0.4, 0.5) is 13.2 Å². The van der Waals surface area contributed by atoms with Crippen molar-refractivity contribution in [3.8, 4) is 0 Å². The second kappa shape index (κ2) is 6.70. The molecule has 4 nitrogen and oxygen atoms in total. The minimum atomic E-state index is -4.32. The Kier molecular flexibility index (Phi) is 6.35. The van der Waals surface area contributed by atoms with Crippen molar-refractivity contribution in [2.24, 2.45) is 0 Å². The first-order valence-corrected chi connectivity index (χ1v) is 4.94. The molecular weight excluding hydrogens is 225 g/mol. The van der Waals surface area contributed by atoms with E-state index in [0.717, 1.165) is 4.90 Å². The highest BCUT2D eigenvalue weighted by Gasteiger charge is 2.32. The average Bonchev–Trinajstić information content (AvgIpc) is 2.11. The quantitative estimate of drug-likeness (QED) is 0.707. The van der Waals surface area contributed by atoms with Crippen molar-refractivity contribution in [3.63, 3.8) is 0 Å². The molecule has 7 heteroatoms. The molecule has 16 heavy (non-hydrogen) atoms. The predicted octanol–water partition coefficient (Wildman–Crippen LogP) is 0.368. The summed E-state index contributed by atoms with van der Waals surface area (Å²) in [7, 11) is 0. The van der Waals surface area contributed by atoms with E-state index in [1.165, 1.54) is 0 Å². The van der Waals surface area contributed by atoms with Gasteiger partial charge >= 0.3 is 6.18 Å². The molecule has 0 radical (unpaired) electrons. The van der Waals surface area contributed by atoms with E-state index in [-0.39, 0.29) is 25.7 Å². The van der Waals surface area contributed by atoms with Crippen LogP contribution in [0.3, 0.4) is 0 Å². The van der Waals surface area contributed by atoms with Crippen molar-refractivity contribution in [3.05, 3.63) is 0 Å². The largest absolute Gasteiger partial charge is 0.401 e. The van der Waals surface area contributed by atoms with E-state index in [1.807, 2.05) is 0 Å². The lowest BCUT2D eigenvalue weighted by atomic mass is 10.3. The van der Waals surface area contributed by atoms with Crippen molar-refractivity contribution >= 4 is 5.91 Å². The van der Waals surface area contributed by atoms with Crippen LogP contribution in [0.25, 0.3) is 0 Å². The summed E-state index contributed by atoms with van der Waals surface area (Å²) in [4.78, 5) is 12.2. The van der Waals surface area contributed by atoms with Crippen molar-refractivity contribution < 1.29 is 23.1 Å². The lowest BCUT2D eigenvalue weighted by molar-refractivity contribution is -0.152. The number of halogens is 3. The van der Waals surface area contributed by atoms with E-state index in [1.54, 1.807) is 13.8 Å². The molecule has 0 rings (SSSR count). The lowest BCUT2D eigenvalue weighted by Crippen LogP contribution is -2.45. The van der Waals surface area contributed by atoms with Gasteiger partial charge in [-0.3, -0.25) is 9.69 Å². The molecule has 0 unspecified atom stereocenters. The Morgan fingerprint density at radius 2 is 2.00 bits per heavy atom. The van der Waals surface area contributed by atoms with Crippen molar-refractivity contribution in [2.45, 2.75) is 26.1 Å². The van der Waals surface area contributed by atoms with Gasteiger partial charge in [0.25, 0.3) is 0 Å². The van der Waals surface area contributed by atoms with Crippen LogP contribution >= 0.6 is 0 Å². The summed E-state index contributed by atoms with van der Waals surface area (Å²) in [5, 5.41) is 10.7. The van der Waals surface area contributed by atoms with Gasteiger partial charge in [-0.05, 0) is 13.8 Å². The smallest absolute Gasteiger partial charge is 0.395 e. The van der Waals surface area contributed by atoms with Gasteiger partial charge in [-0.2, -0.15) is 13.2 Å². The third-order valence-corrected chi connectivity index (χ3v) is 1.89. The first-order valence-electron chi connectivity index (χ1n) is 4.94. The van der Waals surface area contributed by atoms with Gasteiger partial charge in [0.05, 0.1) is 19.7 Å². The molecule has 0 aromatic heterocycles. The molecule has 0 spiro atoms. The molecule has 0 saturated carbocycles. The fraction of sp³-hybridized carbons (Fsp3) is 0.889. The van der Waals surface area contributed by atoms with Crippen LogP contribution in [0.5, 0.6) is 0 Å². The number of hydrogen-bond acceptors (Lipinski definition) is 3. The fourth-order valence-electron chi connectivity index (χ4n) is 1.09. The van der Waals surface area contributed by atoms with Crippen LogP contribution in [-0.2, 0) is 4.79 Å². The molecular formula is C9H17F3N2O2. The van der Waals surface area contributed by atoms with E-state index in [0.29, 0.717) is 0 Å². The standard InChI is InChI=1S/C9H17F3N2O2/c1-7(2)14(6-9(10,11)12)5-8(16)13-3-4-15/h7,15H,3-6H2,1-2H3,(H,13,16). The number of hydrogen-bond donors (Lipinski definition) is 2. The van der Waals surface area contributed by atoms with Gasteiger partial charge in [0.2, 0.25) is 5.91 Å². The Bertz CT molecular complexity index is 219. The minimum absolute atomic E-state index is 0.0524. The van der Waals surface area contributed by atoms with Crippen molar-refractivity contribution in [1.82, 2.24) is 10.2 Å². The topological polar surface area (TPSA) is 52.6 Å². The van der Waals surface area contributed by atoms with Crippen molar-refractivity contribution in [2.75, 3.05) is 26.2 Å². The minimum Gasteiger partial charge on any atom is -0.395 e. The maximum atomic E-state index is 12.2. The van der Waals surface area contributed by atoms with Crippen LogP contribution in [0.1, 0.15) is 13.8 Å². The van der Waals surface area contributed by atoms with Gasteiger partial charge in [-0.25, -0.2) is 0 Å². The number of nitrogens with one attached hydrogen (secondary N) is 1. The van der Waals surface area contributed by atoms with Crippen LogP contribution in [0.15, 0.2) is 0 Å². The maximum Gasteiger partial charge on any atom is 0.401 e. The Balaban J connectivity index is 4.18. The number of nitrogens with zero attached hydrogens (tertiary/aromatic N) is 1. The molecule has 2 N–H and O–H groups in total. The number of carbonyl (C=O) groups excluding carboxylic acids is 1. The van der Waals surface area contributed by atoms with Gasteiger partial charge in [-0.1, -0.05) is 0 Å². The molecule has 0 atom stereocenters. The third kappa shape index (κ3) is 7.47. The van der Waals surface area contributed by atoms with Crippen LogP contribution in [-0.4, -0.2) is 54.4 Å². The first kappa shape index (κ1) is 15.2. The molecule has 96 valence electrons. The molecule has 1 amide bonds. The molecule has 0 aliphatic rings. The van der Waals surface area contributed by atoms with E-state index in [4.69, 9.17) is 5.11 Å². The molecule has 0 saturated heterocycles. The molecule has 0 fully saturated rings. The van der Waals surface area contributed by atoms with Gasteiger partial charge in [0.15, 0.2) is 0 Å². The second-order valence-electron chi connectivity index (χ2n) is 3.69. The Labute approximate surface area is 92.4 Å². The van der Waals surface area contributed by atoms with E-state index in [9.17, 15) is 18.0 Å². The number of aliphatic hydroxyl groups excluding tert-OH is 1. The van der Waals surface area contributed by atoms with Gasteiger partial charge in [0, 0.05) is 12.6 Å². The summed E-state index contributed by atoms with van der Waals surface area (Å²) in [6.07, 6.45) is -4.32. The van der Waals surface area contributed by atoms with Crippen molar-refractivity contribution in [1.29, 1.82) is 0 Å². The zero-order valence-corrected chi connectivity index (χ0v) is 9.34.